The number of benzene rings is 2. The first kappa shape index (κ1) is 14.1. The summed E-state index contributed by atoms with van der Waals surface area (Å²) in [5.74, 6) is 0.421. The normalized spacial score (nSPS) is 23.9. The number of esters is 1. The molecule has 2 aromatic rings. The van der Waals surface area contributed by atoms with Crippen LogP contribution in [-0.4, -0.2) is 19.6 Å². The number of nitrogens with zero attached hydrogens (tertiary/aromatic N) is 1. The molecule has 0 radical (unpaired) electrons. The molecule has 0 aromatic heterocycles. The van der Waals surface area contributed by atoms with Gasteiger partial charge in [-0.3, -0.25) is 0 Å². The number of hydrogen-bond donors (Lipinski definition) is 0. The number of anilines is 1. The molecule has 0 bridgehead atoms. The van der Waals surface area contributed by atoms with Gasteiger partial charge in [-0.05, 0) is 36.3 Å². The Balaban J connectivity index is 1.87. The Hall–Kier alpha value is -2.55. The molecular formula is C20H19NO2. The lowest BCUT2D eigenvalue weighted by Gasteiger charge is -2.23. The highest BCUT2D eigenvalue weighted by Crippen LogP contribution is 2.45. The van der Waals surface area contributed by atoms with E-state index in [1.165, 1.54) is 16.8 Å². The zero-order chi connectivity index (χ0) is 16.2. The summed E-state index contributed by atoms with van der Waals surface area (Å²) >= 11 is 0. The van der Waals surface area contributed by atoms with Gasteiger partial charge in [-0.2, -0.15) is 0 Å². The second-order valence-electron chi connectivity index (χ2n) is 6.69. The van der Waals surface area contributed by atoms with Gasteiger partial charge in [0.1, 0.15) is 5.76 Å². The largest absolute Gasteiger partial charge is 0.423 e. The Morgan fingerprint density at radius 1 is 1.13 bits per heavy atom. The highest BCUT2D eigenvalue weighted by molar-refractivity contribution is 6.03. The van der Waals surface area contributed by atoms with E-state index < -0.39 is 0 Å². The van der Waals surface area contributed by atoms with Crippen LogP contribution in [0.3, 0.4) is 0 Å². The molecule has 0 spiro atoms. The number of rotatable bonds is 1. The molecule has 0 saturated heterocycles. The minimum Gasteiger partial charge on any atom is -0.423 e. The third kappa shape index (κ3) is 2.00. The number of fused-ring (bicyclic) bond motifs is 2. The van der Waals surface area contributed by atoms with Gasteiger partial charge in [0.15, 0.2) is 0 Å². The molecule has 0 aliphatic carbocycles. The molecule has 2 aliphatic rings. The van der Waals surface area contributed by atoms with Crippen molar-refractivity contribution in [1.29, 1.82) is 0 Å². The summed E-state index contributed by atoms with van der Waals surface area (Å²) < 4.78 is 5.55. The maximum Gasteiger partial charge on any atom is 0.344 e. The van der Waals surface area contributed by atoms with Gasteiger partial charge in [-0.25, -0.2) is 4.79 Å². The topological polar surface area (TPSA) is 29.5 Å². The summed E-state index contributed by atoms with van der Waals surface area (Å²) in [6.07, 6.45) is 2.12. The quantitative estimate of drug-likeness (QED) is 0.748. The second kappa shape index (κ2) is 4.72. The second-order valence-corrected chi connectivity index (χ2v) is 6.69. The Morgan fingerprint density at radius 3 is 2.65 bits per heavy atom. The summed E-state index contributed by atoms with van der Waals surface area (Å²) in [6.45, 7) is 5.23. The predicted octanol–water partition coefficient (Wildman–Crippen LogP) is 3.91. The minimum absolute atomic E-state index is 0.178. The average molecular weight is 305 g/mol. The SMILES string of the molecule is Cc1cccc2c1C(C)(/C=C1\OC(=O)c3ccccc31)CN2C. The van der Waals surface area contributed by atoms with Crippen molar-refractivity contribution in [2.24, 2.45) is 0 Å². The first-order valence-corrected chi connectivity index (χ1v) is 7.85. The van der Waals surface area contributed by atoms with Crippen molar-refractivity contribution >= 4 is 17.4 Å². The summed E-state index contributed by atoms with van der Waals surface area (Å²) in [5, 5.41) is 0. The Bertz CT molecular complexity index is 852. The Labute approximate surface area is 136 Å². The van der Waals surface area contributed by atoms with Crippen LogP contribution in [0.15, 0.2) is 48.5 Å². The highest BCUT2D eigenvalue weighted by Gasteiger charge is 2.39. The van der Waals surface area contributed by atoms with Gasteiger partial charge in [0, 0.05) is 30.3 Å². The number of aryl methyl sites for hydroxylation is 1. The van der Waals surface area contributed by atoms with E-state index in [0.717, 1.165) is 12.1 Å². The van der Waals surface area contributed by atoms with Crippen molar-refractivity contribution in [3.05, 3.63) is 70.8 Å². The first-order valence-electron chi connectivity index (χ1n) is 7.85. The van der Waals surface area contributed by atoms with Gasteiger partial charge in [0.2, 0.25) is 0 Å². The lowest BCUT2D eigenvalue weighted by Crippen LogP contribution is -2.27. The van der Waals surface area contributed by atoms with E-state index in [1.54, 1.807) is 0 Å². The fourth-order valence-corrected chi connectivity index (χ4v) is 3.97. The minimum atomic E-state index is -0.258. The van der Waals surface area contributed by atoms with E-state index in [0.29, 0.717) is 11.3 Å². The summed E-state index contributed by atoms with van der Waals surface area (Å²) in [6, 6.07) is 14.0. The Kier molecular flexibility index (Phi) is 2.89. The van der Waals surface area contributed by atoms with Gasteiger partial charge >= 0.3 is 5.97 Å². The zero-order valence-electron chi connectivity index (χ0n) is 13.6. The molecule has 0 amide bonds. The number of cyclic esters (lactones) is 1. The number of carbonyl (C=O) groups is 1. The third-order valence-corrected chi connectivity index (χ3v) is 4.86. The molecule has 0 saturated carbocycles. The van der Waals surface area contributed by atoms with Crippen LogP contribution >= 0.6 is 0 Å². The van der Waals surface area contributed by atoms with Gasteiger partial charge in [0.25, 0.3) is 0 Å². The lowest BCUT2D eigenvalue weighted by atomic mass is 9.81. The summed E-state index contributed by atoms with van der Waals surface area (Å²) in [7, 11) is 2.11. The number of hydrogen-bond acceptors (Lipinski definition) is 3. The molecule has 4 rings (SSSR count). The third-order valence-electron chi connectivity index (χ3n) is 4.86. The molecule has 1 atom stereocenters. The van der Waals surface area contributed by atoms with Crippen LogP contribution < -0.4 is 4.90 Å². The number of ether oxygens (including phenoxy) is 1. The number of likely N-dealkylation sites (N-methyl/N-ethyl adjacent to an activating group) is 1. The van der Waals surface area contributed by atoms with Crippen molar-refractivity contribution in [3.63, 3.8) is 0 Å². The standard InChI is InChI=1S/C20H19NO2/c1-13-7-6-10-16-18(13)20(2,12-21(16)3)11-17-14-8-4-5-9-15(14)19(22)23-17/h4-11H,12H2,1-3H3/b17-11-. The van der Waals surface area contributed by atoms with Gasteiger partial charge in [-0.15, -0.1) is 0 Å². The smallest absolute Gasteiger partial charge is 0.344 e. The summed E-state index contributed by atoms with van der Waals surface area (Å²) in [4.78, 5) is 14.3. The Morgan fingerprint density at radius 2 is 1.87 bits per heavy atom. The van der Waals surface area contributed by atoms with Crippen LogP contribution in [0.4, 0.5) is 5.69 Å². The zero-order valence-corrected chi connectivity index (χ0v) is 13.6. The fourth-order valence-electron chi connectivity index (χ4n) is 3.97. The molecule has 0 N–H and O–H groups in total. The molecule has 2 aliphatic heterocycles. The van der Waals surface area contributed by atoms with Crippen molar-refractivity contribution in [1.82, 2.24) is 0 Å². The van der Waals surface area contributed by atoms with Crippen LogP contribution in [0.5, 0.6) is 0 Å². The van der Waals surface area contributed by atoms with Crippen LogP contribution in [0.25, 0.3) is 5.76 Å². The van der Waals surface area contributed by atoms with Crippen LogP contribution in [-0.2, 0) is 10.2 Å². The van der Waals surface area contributed by atoms with Crippen molar-refractivity contribution in [2.45, 2.75) is 19.3 Å². The molecular weight excluding hydrogens is 286 g/mol. The molecule has 2 aromatic carbocycles. The van der Waals surface area contributed by atoms with Crippen molar-refractivity contribution in [2.75, 3.05) is 18.5 Å². The lowest BCUT2D eigenvalue weighted by molar-refractivity contribution is 0.0715. The maximum absolute atomic E-state index is 12.1. The van der Waals surface area contributed by atoms with E-state index >= 15 is 0 Å². The van der Waals surface area contributed by atoms with E-state index in [9.17, 15) is 4.79 Å². The highest BCUT2D eigenvalue weighted by atomic mass is 16.5. The van der Waals surface area contributed by atoms with E-state index in [2.05, 4.69) is 50.1 Å². The first-order chi connectivity index (χ1) is 11.0. The van der Waals surface area contributed by atoms with Crippen LogP contribution in [0, 0.1) is 6.92 Å². The van der Waals surface area contributed by atoms with Crippen molar-refractivity contribution in [3.8, 4) is 0 Å². The fraction of sp³-hybridized carbons (Fsp3) is 0.250. The molecule has 3 heteroatoms. The predicted molar refractivity (Wildman–Crippen MR) is 91.6 cm³/mol. The molecule has 23 heavy (non-hydrogen) atoms. The van der Waals surface area contributed by atoms with Crippen LogP contribution in [0.1, 0.15) is 34.0 Å². The van der Waals surface area contributed by atoms with Gasteiger partial charge < -0.3 is 9.64 Å². The van der Waals surface area contributed by atoms with E-state index in [1.807, 2.05) is 24.3 Å². The molecule has 0 fully saturated rings. The molecule has 2 heterocycles. The van der Waals surface area contributed by atoms with Crippen molar-refractivity contribution < 1.29 is 9.53 Å². The molecule has 3 nitrogen and oxygen atoms in total. The molecule has 116 valence electrons. The average Bonchev–Trinajstić information content (AvgIpc) is 2.96. The van der Waals surface area contributed by atoms with Crippen LogP contribution in [0.2, 0.25) is 0 Å². The summed E-state index contributed by atoms with van der Waals surface area (Å²) in [5.41, 5.74) is 5.20. The van der Waals surface area contributed by atoms with E-state index in [4.69, 9.17) is 4.74 Å². The maximum atomic E-state index is 12.1. The van der Waals surface area contributed by atoms with E-state index in [-0.39, 0.29) is 11.4 Å². The molecule has 1 unspecified atom stereocenters. The monoisotopic (exact) mass is 305 g/mol. The van der Waals surface area contributed by atoms with Gasteiger partial charge in [0.05, 0.1) is 5.56 Å². The van der Waals surface area contributed by atoms with Gasteiger partial charge in [-0.1, -0.05) is 37.3 Å². The number of carbonyl (C=O) groups excluding carboxylic acids is 1.